The smallest absolute Gasteiger partial charge is 0.416 e. The quantitative estimate of drug-likeness (QED) is 0.268. The van der Waals surface area contributed by atoms with Crippen LogP contribution in [0.3, 0.4) is 0 Å². The molecule has 3 aromatic heterocycles. The Hall–Kier alpha value is -4.57. The Labute approximate surface area is 243 Å². The van der Waals surface area contributed by atoms with Crippen LogP contribution in [-0.4, -0.2) is 49.4 Å². The summed E-state index contributed by atoms with van der Waals surface area (Å²) < 4.78 is 46.9. The van der Waals surface area contributed by atoms with Crippen molar-refractivity contribution in [2.75, 3.05) is 24.2 Å². The van der Waals surface area contributed by atoms with E-state index in [0.717, 1.165) is 31.2 Å². The summed E-state index contributed by atoms with van der Waals surface area (Å²) >= 11 is 6.60. The highest BCUT2D eigenvalue weighted by atomic mass is 35.5. The number of piperidine rings is 1. The Morgan fingerprint density at radius 3 is 2.76 bits per heavy atom. The number of amides is 1. The zero-order chi connectivity index (χ0) is 30.2. The van der Waals surface area contributed by atoms with Crippen LogP contribution in [0.15, 0.2) is 42.7 Å². The van der Waals surface area contributed by atoms with Gasteiger partial charge in [-0.05, 0) is 57.0 Å². The van der Waals surface area contributed by atoms with E-state index in [1.165, 1.54) is 18.3 Å². The second kappa shape index (κ2) is 11.4. The van der Waals surface area contributed by atoms with Crippen molar-refractivity contribution in [1.29, 1.82) is 5.26 Å². The molecule has 1 aromatic carbocycles. The molecule has 10 nitrogen and oxygen atoms in total. The number of nitriles is 1. The summed E-state index contributed by atoms with van der Waals surface area (Å²) in [6.07, 6.45) is 1.63. The molecule has 42 heavy (non-hydrogen) atoms. The number of hydrogen-bond donors (Lipinski definition) is 2. The third-order valence-electron chi connectivity index (χ3n) is 7.17. The molecule has 1 aliphatic heterocycles. The number of fused-ring (bicyclic) bond motifs is 1. The number of carbonyl (C=O) groups excluding carboxylic acids is 1. The molecule has 0 saturated carbocycles. The van der Waals surface area contributed by atoms with Crippen molar-refractivity contribution in [3.8, 4) is 23.2 Å². The van der Waals surface area contributed by atoms with E-state index in [1.54, 1.807) is 22.3 Å². The maximum Gasteiger partial charge on any atom is 0.416 e. The molecular weight excluding hydrogens is 573 g/mol. The van der Waals surface area contributed by atoms with Crippen molar-refractivity contribution >= 4 is 34.7 Å². The first-order chi connectivity index (χ1) is 20.0. The number of carbonyl (C=O) groups is 1. The van der Waals surface area contributed by atoms with E-state index in [-0.39, 0.29) is 40.9 Å². The summed E-state index contributed by atoms with van der Waals surface area (Å²) in [6, 6.07) is 6.28. The van der Waals surface area contributed by atoms with Gasteiger partial charge in [0.05, 0.1) is 18.4 Å². The third-order valence-corrected chi connectivity index (χ3v) is 7.44. The van der Waals surface area contributed by atoms with E-state index in [0.29, 0.717) is 34.9 Å². The first-order valence-corrected chi connectivity index (χ1v) is 13.5. The highest BCUT2D eigenvalue weighted by Gasteiger charge is 2.32. The van der Waals surface area contributed by atoms with Gasteiger partial charge in [0, 0.05) is 35.8 Å². The number of halogens is 4. The molecule has 218 valence electrons. The van der Waals surface area contributed by atoms with Gasteiger partial charge in [0.1, 0.15) is 39.6 Å². The van der Waals surface area contributed by atoms with Gasteiger partial charge < -0.3 is 20.7 Å². The topological polar surface area (TPSA) is 134 Å². The number of nitrogens with two attached hydrogens (primary N) is 1. The average molecular weight is 599 g/mol. The lowest BCUT2D eigenvalue weighted by molar-refractivity contribution is -0.137. The number of nitrogen functional groups attached to an aromatic ring is 1. The summed E-state index contributed by atoms with van der Waals surface area (Å²) in [6.45, 7) is 4.47. The summed E-state index contributed by atoms with van der Waals surface area (Å²) in [5.41, 5.74) is 6.90. The van der Waals surface area contributed by atoms with Gasteiger partial charge >= 0.3 is 6.18 Å². The van der Waals surface area contributed by atoms with Gasteiger partial charge in [0.25, 0.3) is 5.91 Å². The first-order valence-electron chi connectivity index (χ1n) is 13.1. The summed E-state index contributed by atoms with van der Waals surface area (Å²) in [5.74, 6) is 0.0385. The second-order valence-electron chi connectivity index (χ2n) is 9.87. The van der Waals surface area contributed by atoms with Crippen LogP contribution in [0.2, 0.25) is 5.15 Å². The molecule has 4 aromatic rings. The molecule has 1 saturated heterocycles. The van der Waals surface area contributed by atoms with E-state index in [9.17, 15) is 23.2 Å². The number of benzene rings is 1. The van der Waals surface area contributed by atoms with Crippen LogP contribution >= 0.6 is 11.6 Å². The number of aromatic nitrogens is 4. The molecule has 4 heterocycles. The lowest BCUT2D eigenvalue weighted by Gasteiger charge is -2.33. The summed E-state index contributed by atoms with van der Waals surface area (Å²) in [7, 11) is 0. The van der Waals surface area contributed by atoms with Crippen molar-refractivity contribution in [1.82, 2.24) is 24.3 Å². The van der Waals surface area contributed by atoms with Crippen molar-refractivity contribution in [2.24, 2.45) is 0 Å². The molecular formula is C28H26ClF3N8O2. The Morgan fingerprint density at radius 2 is 2.05 bits per heavy atom. The van der Waals surface area contributed by atoms with Gasteiger partial charge in [-0.2, -0.15) is 18.4 Å². The molecule has 1 amide bonds. The molecule has 1 fully saturated rings. The molecule has 2 atom stereocenters. The fourth-order valence-electron chi connectivity index (χ4n) is 5.05. The van der Waals surface area contributed by atoms with Crippen molar-refractivity contribution < 1.29 is 22.7 Å². The zero-order valence-corrected chi connectivity index (χ0v) is 23.4. The van der Waals surface area contributed by atoms with E-state index in [1.807, 2.05) is 6.92 Å². The van der Waals surface area contributed by atoms with Gasteiger partial charge in [0.2, 0.25) is 0 Å². The predicted octanol–water partition coefficient (Wildman–Crippen LogP) is 5.75. The largest absolute Gasteiger partial charge is 0.493 e. The normalized spacial score (nSPS) is 17.2. The molecule has 0 bridgehead atoms. The minimum atomic E-state index is -4.58. The summed E-state index contributed by atoms with van der Waals surface area (Å²) in [4.78, 5) is 27.7. The zero-order valence-electron chi connectivity index (χ0n) is 22.6. The highest BCUT2D eigenvalue weighted by Crippen LogP contribution is 2.40. The average Bonchev–Trinajstić information content (AvgIpc) is 3.37. The number of alkyl halides is 3. The molecule has 3 N–H and O–H groups in total. The van der Waals surface area contributed by atoms with Crippen LogP contribution in [0.25, 0.3) is 16.8 Å². The minimum Gasteiger partial charge on any atom is -0.493 e. The number of likely N-dealkylation sites (tertiary alicyclic amines) is 1. The Kier molecular flexibility index (Phi) is 7.83. The monoisotopic (exact) mass is 598 g/mol. The van der Waals surface area contributed by atoms with Crippen LogP contribution in [-0.2, 0) is 6.18 Å². The minimum absolute atomic E-state index is 0.105. The number of rotatable bonds is 6. The van der Waals surface area contributed by atoms with Gasteiger partial charge in [-0.25, -0.2) is 15.0 Å². The number of nitrogens with zero attached hydrogens (tertiary/aromatic N) is 6. The van der Waals surface area contributed by atoms with E-state index in [4.69, 9.17) is 27.1 Å². The SMILES string of the molecule is CCOc1cc(C(=O)Nc2cc(C(F)(F)F)ccn2)ccc1-c1nc([C@@H]2CC[C@H](C)N(C#N)C2)n2c(Cl)cnc(N)c12. The standard InChI is InChI=1S/C28H26ClF3N8O2/c1-3-42-20-10-16(27(41)37-22-11-18(8-9-35-22)28(30,31)32)6-7-19(20)23-24-25(34)36-12-21(29)40(24)26(38-23)17-5-4-15(2)39(13-17)14-33/h6-12,15,17H,3-5,13H2,1-2H3,(H2,34,36)(H,35,37,41)/t15-,17+/m0/s1. The molecule has 0 unspecified atom stereocenters. The van der Waals surface area contributed by atoms with E-state index in [2.05, 4.69) is 21.5 Å². The lowest BCUT2D eigenvalue weighted by Crippen LogP contribution is -2.38. The maximum absolute atomic E-state index is 13.1. The predicted molar refractivity (Wildman–Crippen MR) is 150 cm³/mol. The molecule has 14 heteroatoms. The van der Waals surface area contributed by atoms with Crippen LogP contribution in [0.1, 0.15) is 54.4 Å². The second-order valence-corrected chi connectivity index (χ2v) is 10.3. The molecule has 0 aliphatic carbocycles. The Balaban J connectivity index is 1.56. The molecule has 5 rings (SSSR count). The van der Waals surface area contributed by atoms with Crippen LogP contribution in [0.4, 0.5) is 24.8 Å². The van der Waals surface area contributed by atoms with Gasteiger partial charge in [0.15, 0.2) is 6.19 Å². The highest BCUT2D eigenvalue weighted by molar-refractivity contribution is 6.30. The molecule has 0 spiro atoms. The number of ether oxygens (including phenoxy) is 1. The van der Waals surface area contributed by atoms with Crippen LogP contribution < -0.4 is 15.8 Å². The first kappa shape index (κ1) is 28.9. The Bertz CT molecular complexity index is 1700. The molecule has 0 radical (unpaired) electrons. The lowest BCUT2D eigenvalue weighted by atomic mass is 9.93. The van der Waals surface area contributed by atoms with Crippen LogP contribution in [0, 0.1) is 11.5 Å². The van der Waals surface area contributed by atoms with Crippen molar-refractivity contribution in [3.05, 3.63) is 64.8 Å². The maximum atomic E-state index is 13.1. The third kappa shape index (κ3) is 5.49. The van der Waals surface area contributed by atoms with Crippen molar-refractivity contribution in [3.63, 3.8) is 0 Å². The van der Waals surface area contributed by atoms with Gasteiger partial charge in [-0.1, -0.05) is 11.6 Å². The van der Waals surface area contributed by atoms with E-state index >= 15 is 0 Å². The fourth-order valence-corrected chi connectivity index (χ4v) is 5.27. The number of hydrogen-bond acceptors (Lipinski definition) is 8. The molecule has 1 aliphatic rings. The number of pyridine rings is 1. The van der Waals surface area contributed by atoms with E-state index < -0.39 is 17.6 Å². The van der Waals surface area contributed by atoms with Crippen molar-refractivity contribution in [2.45, 2.75) is 44.8 Å². The van der Waals surface area contributed by atoms with Crippen LogP contribution in [0.5, 0.6) is 5.75 Å². The summed E-state index contributed by atoms with van der Waals surface area (Å²) in [5, 5.41) is 12.3. The fraction of sp³-hybridized carbons (Fsp3) is 0.321. The number of anilines is 2. The van der Waals surface area contributed by atoms with Gasteiger partial charge in [-0.3, -0.25) is 9.20 Å². The van der Waals surface area contributed by atoms with Gasteiger partial charge in [-0.15, -0.1) is 0 Å². The number of imidazole rings is 1. The Morgan fingerprint density at radius 1 is 1.26 bits per heavy atom. The number of nitrogens with one attached hydrogen (secondary N) is 1.